The average molecular weight is 241 g/mol. The van der Waals surface area contributed by atoms with Crippen LogP contribution in [0, 0.1) is 0 Å². The highest BCUT2D eigenvalue weighted by Crippen LogP contribution is 2.27. The zero-order chi connectivity index (χ0) is 12.2. The lowest BCUT2D eigenvalue weighted by molar-refractivity contribution is 0.227. The molecule has 2 aromatic rings. The zero-order valence-corrected chi connectivity index (χ0v) is 10.0. The number of para-hydroxylation sites is 1. The Morgan fingerprint density at radius 1 is 1.28 bits per heavy atom. The molecule has 0 amide bonds. The molecule has 92 valence electrons. The number of nitrogens with zero attached hydrogens (tertiary/aromatic N) is 2. The molecule has 2 heterocycles. The number of rotatable bonds is 4. The largest absolute Gasteiger partial charge is 0.488 e. The van der Waals surface area contributed by atoms with Gasteiger partial charge in [-0.25, -0.2) is 0 Å². The molecule has 0 bridgehead atoms. The smallest absolute Gasteiger partial charge is 0.123 e. The maximum Gasteiger partial charge on any atom is 0.123 e. The molecule has 1 aromatic carbocycles. The first kappa shape index (κ1) is 11.2. The summed E-state index contributed by atoms with van der Waals surface area (Å²) < 4.78 is 5.85. The molecule has 0 aliphatic carbocycles. The fraction of sp³-hybridized carbons (Fsp3) is 0.286. The van der Waals surface area contributed by atoms with E-state index in [2.05, 4.69) is 27.4 Å². The third-order valence-corrected chi connectivity index (χ3v) is 3.01. The lowest BCUT2D eigenvalue weighted by atomic mass is 10.1. The molecule has 0 radical (unpaired) electrons. The Balaban J connectivity index is 1.49. The molecule has 0 saturated heterocycles. The van der Waals surface area contributed by atoms with Crippen LogP contribution < -0.4 is 10.1 Å². The highest BCUT2D eigenvalue weighted by Gasteiger charge is 2.21. The van der Waals surface area contributed by atoms with E-state index in [0.29, 0.717) is 0 Å². The molecule has 4 nitrogen and oxygen atoms in total. The van der Waals surface area contributed by atoms with Gasteiger partial charge in [-0.1, -0.05) is 18.2 Å². The van der Waals surface area contributed by atoms with Crippen molar-refractivity contribution in [2.45, 2.75) is 19.1 Å². The normalized spacial score (nSPS) is 17.2. The molecule has 1 aliphatic rings. The van der Waals surface area contributed by atoms with Crippen LogP contribution in [0.25, 0.3) is 0 Å². The summed E-state index contributed by atoms with van der Waals surface area (Å²) in [6.07, 6.45) is 6.36. The van der Waals surface area contributed by atoms with E-state index in [1.807, 2.05) is 12.1 Å². The molecule has 18 heavy (non-hydrogen) atoms. The van der Waals surface area contributed by atoms with Crippen LogP contribution in [0.1, 0.15) is 11.3 Å². The van der Waals surface area contributed by atoms with Crippen LogP contribution in [0.15, 0.2) is 42.9 Å². The van der Waals surface area contributed by atoms with Gasteiger partial charge in [-0.3, -0.25) is 9.97 Å². The van der Waals surface area contributed by atoms with E-state index >= 15 is 0 Å². The van der Waals surface area contributed by atoms with Gasteiger partial charge in [-0.05, 0) is 11.6 Å². The minimum atomic E-state index is 0.221. The Bertz CT molecular complexity index is 490. The van der Waals surface area contributed by atoms with Crippen LogP contribution in [0.4, 0.5) is 0 Å². The van der Waals surface area contributed by atoms with Crippen molar-refractivity contribution in [3.8, 4) is 5.75 Å². The van der Waals surface area contributed by atoms with E-state index in [9.17, 15) is 0 Å². The fourth-order valence-corrected chi connectivity index (χ4v) is 2.15. The number of hydrogen-bond acceptors (Lipinski definition) is 4. The molecule has 0 saturated carbocycles. The molecule has 1 aliphatic heterocycles. The molecule has 3 rings (SSSR count). The summed E-state index contributed by atoms with van der Waals surface area (Å²) in [6.45, 7) is 1.55. The third-order valence-electron chi connectivity index (χ3n) is 3.01. The Hall–Kier alpha value is -1.94. The van der Waals surface area contributed by atoms with E-state index < -0.39 is 0 Å². The zero-order valence-electron chi connectivity index (χ0n) is 10.0. The van der Waals surface area contributed by atoms with Crippen LogP contribution in [-0.4, -0.2) is 22.6 Å². The number of aromatic nitrogens is 2. The molecular weight excluding hydrogens is 226 g/mol. The van der Waals surface area contributed by atoms with Crippen molar-refractivity contribution < 1.29 is 4.74 Å². The van der Waals surface area contributed by atoms with E-state index in [0.717, 1.165) is 31.0 Å². The second kappa shape index (κ2) is 5.14. The SMILES string of the molecule is c1ccc2c(c1)CC(CNCc1cnccn1)O2. The topological polar surface area (TPSA) is 47.0 Å². The summed E-state index contributed by atoms with van der Waals surface area (Å²) in [5.74, 6) is 1.02. The lowest BCUT2D eigenvalue weighted by Gasteiger charge is -2.11. The first-order chi connectivity index (χ1) is 8.92. The van der Waals surface area contributed by atoms with E-state index in [1.54, 1.807) is 18.6 Å². The van der Waals surface area contributed by atoms with Crippen LogP contribution in [0.5, 0.6) is 5.75 Å². The van der Waals surface area contributed by atoms with Gasteiger partial charge >= 0.3 is 0 Å². The average Bonchev–Trinajstić information content (AvgIpc) is 2.82. The standard InChI is InChI=1S/C14H15N3O/c1-2-4-14-11(3-1)7-13(18-14)10-16-9-12-8-15-5-6-17-12/h1-6,8,13,16H,7,9-10H2. The van der Waals surface area contributed by atoms with E-state index in [-0.39, 0.29) is 6.10 Å². The van der Waals surface area contributed by atoms with Gasteiger partial charge in [-0.15, -0.1) is 0 Å². The first-order valence-corrected chi connectivity index (χ1v) is 6.12. The van der Waals surface area contributed by atoms with Crippen molar-refractivity contribution in [2.24, 2.45) is 0 Å². The second-order valence-corrected chi connectivity index (χ2v) is 4.38. The van der Waals surface area contributed by atoms with Crippen molar-refractivity contribution in [3.05, 3.63) is 54.1 Å². The van der Waals surface area contributed by atoms with Crippen molar-refractivity contribution in [3.63, 3.8) is 0 Å². The van der Waals surface area contributed by atoms with Crippen molar-refractivity contribution in [2.75, 3.05) is 6.54 Å². The van der Waals surface area contributed by atoms with Gasteiger partial charge in [0.25, 0.3) is 0 Å². The Morgan fingerprint density at radius 2 is 2.22 bits per heavy atom. The number of ether oxygens (including phenoxy) is 1. The lowest BCUT2D eigenvalue weighted by Crippen LogP contribution is -2.29. The number of hydrogen-bond donors (Lipinski definition) is 1. The summed E-state index contributed by atoms with van der Waals surface area (Å²) in [5.41, 5.74) is 2.25. The Labute approximate surface area is 106 Å². The molecule has 1 atom stereocenters. The van der Waals surface area contributed by atoms with Crippen LogP contribution in [0.2, 0.25) is 0 Å². The second-order valence-electron chi connectivity index (χ2n) is 4.38. The van der Waals surface area contributed by atoms with Gasteiger partial charge in [-0.2, -0.15) is 0 Å². The maximum absolute atomic E-state index is 5.85. The summed E-state index contributed by atoms with van der Waals surface area (Å²) in [5, 5.41) is 3.35. The number of nitrogens with one attached hydrogen (secondary N) is 1. The minimum absolute atomic E-state index is 0.221. The summed E-state index contributed by atoms with van der Waals surface area (Å²) >= 11 is 0. The van der Waals surface area contributed by atoms with Crippen LogP contribution in [0.3, 0.4) is 0 Å². The summed E-state index contributed by atoms with van der Waals surface area (Å²) in [7, 11) is 0. The van der Waals surface area contributed by atoms with Gasteiger partial charge < -0.3 is 10.1 Å². The predicted octanol–water partition coefficient (Wildman–Crippen LogP) is 1.57. The Kier molecular flexibility index (Phi) is 3.19. The predicted molar refractivity (Wildman–Crippen MR) is 68.3 cm³/mol. The molecule has 4 heteroatoms. The molecule has 0 spiro atoms. The number of fused-ring (bicyclic) bond motifs is 1. The Morgan fingerprint density at radius 3 is 3.06 bits per heavy atom. The highest BCUT2D eigenvalue weighted by molar-refractivity contribution is 5.37. The van der Waals surface area contributed by atoms with Gasteiger partial charge in [0.15, 0.2) is 0 Å². The quantitative estimate of drug-likeness (QED) is 0.882. The van der Waals surface area contributed by atoms with E-state index in [4.69, 9.17) is 4.74 Å². The third kappa shape index (κ3) is 2.49. The minimum Gasteiger partial charge on any atom is -0.488 e. The molecule has 1 N–H and O–H groups in total. The first-order valence-electron chi connectivity index (χ1n) is 6.12. The summed E-state index contributed by atoms with van der Waals surface area (Å²) in [6, 6.07) is 8.21. The van der Waals surface area contributed by atoms with Crippen molar-refractivity contribution >= 4 is 0 Å². The molecule has 0 fully saturated rings. The number of benzene rings is 1. The maximum atomic E-state index is 5.85. The van der Waals surface area contributed by atoms with E-state index in [1.165, 1.54) is 5.56 Å². The summed E-state index contributed by atoms with van der Waals surface area (Å²) in [4.78, 5) is 8.25. The fourth-order valence-electron chi connectivity index (χ4n) is 2.15. The van der Waals surface area contributed by atoms with Crippen molar-refractivity contribution in [1.29, 1.82) is 0 Å². The highest BCUT2D eigenvalue weighted by atomic mass is 16.5. The molecule has 1 aromatic heterocycles. The monoisotopic (exact) mass is 241 g/mol. The molecule has 1 unspecified atom stereocenters. The molecular formula is C14H15N3O. The van der Waals surface area contributed by atoms with Crippen molar-refractivity contribution in [1.82, 2.24) is 15.3 Å². The van der Waals surface area contributed by atoms with Gasteiger partial charge in [0, 0.05) is 38.1 Å². The van der Waals surface area contributed by atoms with Crippen LogP contribution in [-0.2, 0) is 13.0 Å². The van der Waals surface area contributed by atoms with Gasteiger partial charge in [0.1, 0.15) is 11.9 Å². The van der Waals surface area contributed by atoms with Gasteiger partial charge in [0.05, 0.1) is 5.69 Å². The van der Waals surface area contributed by atoms with Gasteiger partial charge in [0.2, 0.25) is 0 Å². The van der Waals surface area contributed by atoms with Crippen LogP contribution >= 0.6 is 0 Å².